The number of nitrogens with two attached hydrogens (primary N) is 1. The lowest BCUT2D eigenvalue weighted by Crippen LogP contribution is -2.25. The topological polar surface area (TPSA) is 38.9 Å². The van der Waals surface area contributed by atoms with E-state index < -0.39 is 0 Å². The van der Waals surface area contributed by atoms with Crippen molar-refractivity contribution in [1.82, 2.24) is 4.98 Å². The number of rotatable bonds is 4. The molecule has 0 spiro atoms. The molecule has 3 rings (SSSR count). The Morgan fingerprint density at radius 3 is 2.40 bits per heavy atom. The van der Waals surface area contributed by atoms with Crippen molar-refractivity contribution in [3.63, 3.8) is 0 Å². The first-order valence-electron chi connectivity index (χ1n) is 6.95. The predicted molar refractivity (Wildman–Crippen MR) is 83.6 cm³/mol. The van der Waals surface area contributed by atoms with Crippen LogP contribution in [-0.4, -0.2) is 11.0 Å². The van der Waals surface area contributed by atoms with Crippen LogP contribution >= 0.6 is 0 Å². The zero-order valence-electron chi connectivity index (χ0n) is 11.4. The Morgan fingerprint density at radius 1 is 0.800 bits per heavy atom. The molecule has 2 heteroatoms. The van der Waals surface area contributed by atoms with Gasteiger partial charge in [0.05, 0.1) is 5.52 Å². The van der Waals surface area contributed by atoms with Crippen molar-refractivity contribution in [1.29, 1.82) is 0 Å². The highest BCUT2D eigenvalue weighted by Crippen LogP contribution is 2.13. The second kappa shape index (κ2) is 5.85. The van der Waals surface area contributed by atoms with Gasteiger partial charge >= 0.3 is 0 Å². The Morgan fingerprint density at radius 2 is 1.55 bits per heavy atom. The normalized spacial score (nSPS) is 12.4. The number of benzene rings is 2. The van der Waals surface area contributed by atoms with Gasteiger partial charge in [-0.3, -0.25) is 4.98 Å². The van der Waals surface area contributed by atoms with Crippen molar-refractivity contribution in [2.24, 2.45) is 5.73 Å². The first-order chi connectivity index (χ1) is 9.81. The monoisotopic (exact) mass is 262 g/mol. The number of nitrogens with zero attached hydrogens (tertiary/aromatic N) is 1. The molecule has 0 amide bonds. The van der Waals surface area contributed by atoms with E-state index in [-0.39, 0.29) is 6.04 Å². The smallest absolute Gasteiger partial charge is 0.0705 e. The molecule has 0 bridgehead atoms. The van der Waals surface area contributed by atoms with Gasteiger partial charge in [-0.25, -0.2) is 0 Å². The van der Waals surface area contributed by atoms with Gasteiger partial charge in [0.1, 0.15) is 0 Å². The molecule has 3 aromatic rings. The van der Waals surface area contributed by atoms with Crippen molar-refractivity contribution in [3.05, 3.63) is 78.0 Å². The summed E-state index contributed by atoms with van der Waals surface area (Å²) in [6, 6.07) is 22.8. The molecule has 0 radical (unpaired) electrons. The number of pyridine rings is 1. The zero-order valence-corrected chi connectivity index (χ0v) is 11.4. The van der Waals surface area contributed by atoms with Gasteiger partial charge in [0.25, 0.3) is 0 Å². The van der Waals surface area contributed by atoms with E-state index in [4.69, 9.17) is 5.73 Å². The van der Waals surface area contributed by atoms with Crippen LogP contribution in [0.25, 0.3) is 10.9 Å². The summed E-state index contributed by atoms with van der Waals surface area (Å²) in [7, 11) is 0. The lowest BCUT2D eigenvalue weighted by molar-refractivity contribution is 0.656. The van der Waals surface area contributed by atoms with Crippen molar-refractivity contribution in [3.8, 4) is 0 Å². The van der Waals surface area contributed by atoms with E-state index in [9.17, 15) is 0 Å². The molecule has 0 aliphatic rings. The number of fused-ring (bicyclic) bond motifs is 1. The average Bonchev–Trinajstić information content (AvgIpc) is 2.48. The molecule has 20 heavy (non-hydrogen) atoms. The molecule has 1 unspecified atom stereocenters. The molecule has 1 aromatic heterocycles. The maximum Gasteiger partial charge on any atom is 0.0705 e. The fourth-order valence-electron chi connectivity index (χ4n) is 2.48. The number of hydrogen-bond donors (Lipinski definition) is 1. The van der Waals surface area contributed by atoms with Crippen molar-refractivity contribution in [2.45, 2.75) is 18.9 Å². The molecule has 0 fully saturated rings. The Hall–Kier alpha value is -2.19. The third-order valence-corrected chi connectivity index (χ3v) is 3.47. The minimum absolute atomic E-state index is 0.103. The van der Waals surface area contributed by atoms with Gasteiger partial charge in [-0.05, 0) is 24.1 Å². The van der Waals surface area contributed by atoms with Crippen LogP contribution in [0.4, 0.5) is 0 Å². The minimum atomic E-state index is 0.103. The van der Waals surface area contributed by atoms with Gasteiger partial charge in [-0.1, -0.05) is 54.6 Å². The Bertz CT molecular complexity index is 692. The molecule has 0 saturated carbocycles. The molecule has 2 nitrogen and oxygen atoms in total. The molecule has 1 heterocycles. The molecule has 0 aliphatic carbocycles. The van der Waals surface area contributed by atoms with Crippen LogP contribution in [0.2, 0.25) is 0 Å². The highest BCUT2D eigenvalue weighted by atomic mass is 14.7. The Kier molecular flexibility index (Phi) is 3.75. The second-order valence-electron chi connectivity index (χ2n) is 5.15. The van der Waals surface area contributed by atoms with Gasteiger partial charge in [0.15, 0.2) is 0 Å². The summed E-state index contributed by atoms with van der Waals surface area (Å²) in [6.45, 7) is 0. The SMILES string of the molecule is NC(Cc1ccccc1)Cc1ccc2ccccc2n1. The number of hydrogen-bond acceptors (Lipinski definition) is 2. The van der Waals surface area contributed by atoms with E-state index in [0.717, 1.165) is 24.1 Å². The molecular weight excluding hydrogens is 244 g/mol. The van der Waals surface area contributed by atoms with Gasteiger partial charge in [0, 0.05) is 23.5 Å². The number of aromatic nitrogens is 1. The van der Waals surface area contributed by atoms with Gasteiger partial charge < -0.3 is 5.73 Å². The highest BCUT2D eigenvalue weighted by molar-refractivity contribution is 5.78. The van der Waals surface area contributed by atoms with Crippen LogP contribution in [0.1, 0.15) is 11.3 Å². The molecule has 0 aliphatic heterocycles. The second-order valence-corrected chi connectivity index (χ2v) is 5.15. The molecule has 1 atom stereocenters. The van der Waals surface area contributed by atoms with Crippen LogP contribution in [0.3, 0.4) is 0 Å². The van der Waals surface area contributed by atoms with E-state index in [1.807, 2.05) is 24.3 Å². The summed E-state index contributed by atoms with van der Waals surface area (Å²) in [4.78, 5) is 4.68. The first kappa shape index (κ1) is 12.8. The summed E-state index contributed by atoms with van der Waals surface area (Å²) in [5.41, 5.74) is 9.62. The zero-order chi connectivity index (χ0) is 13.8. The largest absolute Gasteiger partial charge is 0.327 e. The van der Waals surface area contributed by atoms with Gasteiger partial charge in [-0.2, -0.15) is 0 Å². The number of para-hydroxylation sites is 1. The Balaban J connectivity index is 1.72. The maximum atomic E-state index is 6.24. The van der Waals surface area contributed by atoms with Crippen LogP contribution in [0.15, 0.2) is 66.7 Å². The van der Waals surface area contributed by atoms with Crippen LogP contribution < -0.4 is 5.73 Å². The summed E-state index contributed by atoms with van der Waals surface area (Å²) in [5, 5.41) is 1.17. The molecular formula is C18H18N2. The first-order valence-corrected chi connectivity index (χ1v) is 6.95. The third kappa shape index (κ3) is 3.03. The van der Waals surface area contributed by atoms with E-state index in [1.54, 1.807) is 0 Å². The minimum Gasteiger partial charge on any atom is -0.327 e. The van der Waals surface area contributed by atoms with Crippen molar-refractivity contribution >= 4 is 10.9 Å². The summed E-state index contributed by atoms with van der Waals surface area (Å²) < 4.78 is 0. The van der Waals surface area contributed by atoms with E-state index in [2.05, 4.69) is 47.4 Å². The summed E-state index contributed by atoms with van der Waals surface area (Å²) in [5.74, 6) is 0. The van der Waals surface area contributed by atoms with Gasteiger partial charge in [-0.15, -0.1) is 0 Å². The van der Waals surface area contributed by atoms with Crippen LogP contribution in [0, 0.1) is 0 Å². The molecule has 100 valence electrons. The lowest BCUT2D eigenvalue weighted by Gasteiger charge is -2.11. The predicted octanol–water partition coefficient (Wildman–Crippen LogP) is 3.35. The quantitative estimate of drug-likeness (QED) is 0.783. The fourth-order valence-corrected chi connectivity index (χ4v) is 2.48. The van der Waals surface area contributed by atoms with Crippen LogP contribution in [-0.2, 0) is 12.8 Å². The van der Waals surface area contributed by atoms with Gasteiger partial charge in [0.2, 0.25) is 0 Å². The molecule has 0 saturated heterocycles. The Labute approximate surface area is 119 Å². The third-order valence-electron chi connectivity index (χ3n) is 3.47. The van der Waals surface area contributed by atoms with E-state index in [1.165, 1.54) is 10.9 Å². The average molecular weight is 262 g/mol. The molecule has 2 aromatic carbocycles. The maximum absolute atomic E-state index is 6.24. The highest BCUT2D eigenvalue weighted by Gasteiger charge is 2.07. The lowest BCUT2D eigenvalue weighted by atomic mass is 10.0. The fraction of sp³-hybridized carbons (Fsp3) is 0.167. The van der Waals surface area contributed by atoms with E-state index >= 15 is 0 Å². The summed E-state index contributed by atoms with van der Waals surface area (Å²) >= 11 is 0. The van der Waals surface area contributed by atoms with Crippen molar-refractivity contribution in [2.75, 3.05) is 0 Å². The van der Waals surface area contributed by atoms with Crippen LogP contribution in [0.5, 0.6) is 0 Å². The summed E-state index contributed by atoms with van der Waals surface area (Å²) in [6.07, 6.45) is 1.69. The standard InChI is InChI=1S/C18H18N2/c19-16(12-14-6-2-1-3-7-14)13-17-11-10-15-8-4-5-9-18(15)20-17/h1-11,16H,12-13,19H2. The molecule has 2 N–H and O–H groups in total. The van der Waals surface area contributed by atoms with E-state index in [0.29, 0.717) is 0 Å². The van der Waals surface area contributed by atoms with Crippen molar-refractivity contribution < 1.29 is 0 Å².